The van der Waals surface area contributed by atoms with Crippen molar-refractivity contribution in [2.75, 3.05) is 33.4 Å². The summed E-state index contributed by atoms with van der Waals surface area (Å²) in [5, 5.41) is 3.60. The second kappa shape index (κ2) is 6.77. The van der Waals surface area contributed by atoms with Crippen molar-refractivity contribution in [2.24, 2.45) is 0 Å². The molecule has 0 spiro atoms. The molecule has 1 aliphatic carbocycles. The van der Waals surface area contributed by atoms with E-state index in [9.17, 15) is 0 Å². The van der Waals surface area contributed by atoms with Gasteiger partial charge < -0.3 is 14.8 Å². The molecule has 116 valence electrons. The van der Waals surface area contributed by atoms with Crippen molar-refractivity contribution in [2.45, 2.75) is 38.0 Å². The number of likely N-dealkylation sites (N-methyl/N-ethyl adjacent to an activating group) is 1. The van der Waals surface area contributed by atoms with Gasteiger partial charge in [0.25, 0.3) is 0 Å². The lowest BCUT2D eigenvalue weighted by atomic mass is 9.98. The first kappa shape index (κ1) is 14.8. The Morgan fingerprint density at radius 1 is 1.38 bits per heavy atom. The van der Waals surface area contributed by atoms with Gasteiger partial charge in [0.2, 0.25) is 0 Å². The van der Waals surface area contributed by atoms with Gasteiger partial charge in [-0.15, -0.1) is 0 Å². The van der Waals surface area contributed by atoms with Crippen LogP contribution in [0.2, 0.25) is 0 Å². The predicted molar refractivity (Wildman–Crippen MR) is 83.7 cm³/mol. The smallest absolute Gasteiger partial charge is 0.119 e. The van der Waals surface area contributed by atoms with Crippen LogP contribution in [-0.2, 0) is 4.74 Å². The van der Waals surface area contributed by atoms with Crippen molar-refractivity contribution in [3.05, 3.63) is 29.8 Å². The zero-order valence-corrected chi connectivity index (χ0v) is 13.0. The highest BCUT2D eigenvalue weighted by molar-refractivity contribution is 5.31. The maximum absolute atomic E-state index is 6.05. The van der Waals surface area contributed by atoms with E-state index in [1.54, 1.807) is 0 Å². The van der Waals surface area contributed by atoms with Crippen LogP contribution in [0.5, 0.6) is 5.75 Å². The van der Waals surface area contributed by atoms with Crippen LogP contribution < -0.4 is 10.1 Å². The molecule has 0 bridgehead atoms. The summed E-state index contributed by atoms with van der Waals surface area (Å²) in [6, 6.07) is 9.45. The first-order valence-electron chi connectivity index (χ1n) is 8.06. The molecule has 1 saturated carbocycles. The summed E-state index contributed by atoms with van der Waals surface area (Å²) in [5.41, 5.74) is 1.28. The molecular weight excluding hydrogens is 264 g/mol. The normalized spacial score (nSPS) is 26.8. The second-order valence-corrected chi connectivity index (χ2v) is 6.02. The SMILES string of the molecule is CCOc1cccc(C2C(CNC3CC3)OCCN2C)c1. The van der Waals surface area contributed by atoms with Gasteiger partial charge in [-0.05, 0) is 44.5 Å². The number of hydrogen-bond acceptors (Lipinski definition) is 4. The Balaban J connectivity index is 1.75. The maximum Gasteiger partial charge on any atom is 0.119 e. The molecule has 2 fully saturated rings. The number of ether oxygens (including phenoxy) is 2. The molecule has 3 rings (SSSR count). The quantitative estimate of drug-likeness (QED) is 0.871. The average molecular weight is 290 g/mol. The molecule has 4 nitrogen and oxygen atoms in total. The van der Waals surface area contributed by atoms with E-state index in [1.807, 2.05) is 13.0 Å². The van der Waals surface area contributed by atoms with E-state index in [4.69, 9.17) is 9.47 Å². The Bertz CT molecular complexity index is 462. The number of rotatable bonds is 6. The van der Waals surface area contributed by atoms with Gasteiger partial charge >= 0.3 is 0 Å². The van der Waals surface area contributed by atoms with Crippen molar-refractivity contribution >= 4 is 0 Å². The minimum atomic E-state index is 0.209. The molecule has 1 saturated heterocycles. The Morgan fingerprint density at radius 3 is 3.00 bits per heavy atom. The number of benzene rings is 1. The first-order chi connectivity index (χ1) is 10.3. The fourth-order valence-electron chi connectivity index (χ4n) is 3.03. The Hall–Kier alpha value is -1.10. The molecule has 1 aromatic carbocycles. The van der Waals surface area contributed by atoms with Crippen molar-refractivity contribution < 1.29 is 9.47 Å². The maximum atomic E-state index is 6.05. The number of morpholine rings is 1. The Labute approximate surface area is 127 Å². The zero-order chi connectivity index (χ0) is 14.7. The molecule has 4 heteroatoms. The lowest BCUT2D eigenvalue weighted by molar-refractivity contribution is -0.0615. The summed E-state index contributed by atoms with van der Waals surface area (Å²) in [7, 11) is 2.19. The lowest BCUT2D eigenvalue weighted by Gasteiger charge is -2.39. The lowest BCUT2D eigenvalue weighted by Crippen LogP contribution is -2.47. The van der Waals surface area contributed by atoms with Gasteiger partial charge in [-0.1, -0.05) is 12.1 Å². The molecular formula is C17H26N2O2. The Morgan fingerprint density at radius 2 is 2.24 bits per heavy atom. The van der Waals surface area contributed by atoms with Gasteiger partial charge in [-0.25, -0.2) is 0 Å². The molecule has 0 aromatic heterocycles. The third kappa shape index (κ3) is 3.76. The van der Waals surface area contributed by atoms with Crippen molar-refractivity contribution in [3.63, 3.8) is 0 Å². The summed E-state index contributed by atoms with van der Waals surface area (Å²) in [5.74, 6) is 0.947. The summed E-state index contributed by atoms with van der Waals surface area (Å²) >= 11 is 0. The van der Waals surface area contributed by atoms with Crippen LogP contribution in [0.1, 0.15) is 31.4 Å². The van der Waals surface area contributed by atoms with Crippen LogP contribution in [-0.4, -0.2) is 50.4 Å². The van der Waals surface area contributed by atoms with E-state index in [-0.39, 0.29) is 6.10 Å². The third-order valence-electron chi connectivity index (χ3n) is 4.30. The van der Waals surface area contributed by atoms with Crippen LogP contribution in [0.3, 0.4) is 0 Å². The topological polar surface area (TPSA) is 33.7 Å². The molecule has 2 aliphatic rings. The number of hydrogen-bond donors (Lipinski definition) is 1. The van der Waals surface area contributed by atoms with E-state index in [0.29, 0.717) is 12.6 Å². The standard InChI is InChI=1S/C17H26N2O2/c1-3-20-15-6-4-5-13(11-15)17-16(12-18-14-7-8-14)21-10-9-19(17)2/h4-6,11,14,16-18H,3,7-10,12H2,1-2H3. The highest BCUT2D eigenvalue weighted by atomic mass is 16.5. The minimum Gasteiger partial charge on any atom is -0.494 e. The van der Waals surface area contributed by atoms with Gasteiger partial charge in [0.05, 0.1) is 25.4 Å². The fraction of sp³-hybridized carbons (Fsp3) is 0.647. The van der Waals surface area contributed by atoms with Crippen LogP contribution in [0.15, 0.2) is 24.3 Å². The van der Waals surface area contributed by atoms with Crippen molar-refractivity contribution in [1.29, 1.82) is 0 Å². The summed E-state index contributed by atoms with van der Waals surface area (Å²) < 4.78 is 11.7. The van der Waals surface area contributed by atoms with Gasteiger partial charge in [-0.2, -0.15) is 0 Å². The van der Waals surface area contributed by atoms with Crippen LogP contribution in [0.4, 0.5) is 0 Å². The highest BCUT2D eigenvalue weighted by Gasteiger charge is 2.33. The largest absolute Gasteiger partial charge is 0.494 e. The van der Waals surface area contributed by atoms with Gasteiger partial charge in [0.1, 0.15) is 5.75 Å². The minimum absolute atomic E-state index is 0.209. The molecule has 1 aliphatic heterocycles. The first-order valence-corrected chi connectivity index (χ1v) is 8.06. The van der Waals surface area contributed by atoms with E-state index >= 15 is 0 Å². The van der Waals surface area contributed by atoms with E-state index in [2.05, 4.69) is 35.5 Å². The molecule has 1 N–H and O–H groups in total. The van der Waals surface area contributed by atoms with E-state index in [1.165, 1.54) is 18.4 Å². The summed E-state index contributed by atoms with van der Waals surface area (Å²) in [4.78, 5) is 2.40. The predicted octanol–water partition coefficient (Wildman–Crippen LogP) is 2.21. The van der Waals surface area contributed by atoms with Gasteiger partial charge in [-0.3, -0.25) is 4.90 Å². The van der Waals surface area contributed by atoms with E-state index < -0.39 is 0 Å². The Kier molecular flexibility index (Phi) is 4.78. The summed E-state index contributed by atoms with van der Waals surface area (Å²) in [6.07, 6.45) is 2.83. The fourth-order valence-corrected chi connectivity index (χ4v) is 3.03. The molecule has 2 unspecified atom stereocenters. The summed E-state index contributed by atoms with van der Waals surface area (Å²) in [6.45, 7) is 5.44. The molecule has 0 amide bonds. The monoisotopic (exact) mass is 290 g/mol. The zero-order valence-electron chi connectivity index (χ0n) is 13.0. The number of nitrogens with zero attached hydrogens (tertiary/aromatic N) is 1. The second-order valence-electron chi connectivity index (χ2n) is 6.02. The van der Waals surface area contributed by atoms with Crippen molar-refractivity contribution in [1.82, 2.24) is 10.2 Å². The van der Waals surface area contributed by atoms with Crippen LogP contribution in [0, 0.1) is 0 Å². The molecule has 2 atom stereocenters. The molecule has 21 heavy (non-hydrogen) atoms. The molecule has 0 radical (unpaired) electrons. The average Bonchev–Trinajstić information content (AvgIpc) is 3.30. The van der Waals surface area contributed by atoms with Gasteiger partial charge in [0.15, 0.2) is 0 Å². The number of nitrogens with one attached hydrogen (secondary N) is 1. The molecule has 1 heterocycles. The third-order valence-corrected chi connectivity index (χ3v) is 4.30. The van der Waals surface area contributed by atoms with E-state index in [0.717, 1.165) is 31.5 Å². The van der Waals surface area contributed by atoms with Crippen LogP contribution in [0.25, 0.3) is 0 Å². The molecule has 1 aromatic rings. The highest BCUT2D eigenvalue weighted by Crippen LogP contribution is 2.31. The van der Waals surface area contributed by atoms with Crippen molar-refractivity contribution in [3.8, 4) is 5.75 Å². The van der Waals surface area contributed by atoms with Crippen LogP contribution >= 0.6 is 0 Å². The van der Waals surface area contributed by atoms with Gasteiger partial charge in [0, 0.05) is 19.1 Å².